The van der Waals surface area contributed by atoms with E-state index in [9.17, 15) is 9.59 Å². The zero-order valence-electron chi connectivity index (χ0n) is 10.9. The lowest BCUT2D eigenvalue weighted by Crippen LogP contribution is -2.48. The van der Waals surface area contributed by atoms with Crippen LogP contribution in [0.25, 0.3) is 0 Å². The van der Waals surface area contributed by atoms with E-state index in [4.69, 9.17) is 10.5 Å². The zero-order chi connectivity index (χ0) is 14.0. The van der Waals surface area contributed by atoms with Crippen molar-refractivity contribution in [3.63, 3.8) is 0 Å². The minimum atomic E-state index is -0.479. The Morgan fingerprint density at radius 2 is 2.26 bits per heavy atom. The third kappa shape index (κ3) is 3.03. The van der Waals surface area contributed by atoms with Gasteiger partial charge in [-0.1, -0.05) is 0 Å². The molecular weight excluding hydrogens is 246 g/mol. The molecule has 1 aliphatic heterocycles. The first-order valence-electron chi connectivity index (χ1n) is 6.00. The molecule has 0 unspecified atom stereocenters. The van der Waals surface area contributed by atoms with Crippen LogP contribution in [-0.2, 0) is 4.79 Å². The molecule has 6 nitrogen and oxygen atoms in total. The van der Waals surface area contributed by atoms with Gasteiger partial charge < -0.3 is 21.1 Å². The van der Waals surface area contributed by atoms with Gasteiger partial charge in [-0.2, -0.15) is 0 Å². The number of ether oxygens (including phenoxy) is 1. The normalized spacial score (nSPS) is 14.2. The fourth-order valence-corrected chi connectivity index (χ4v) is 1.65. The van der Waals surface area contributed by atoms with Crippen molar-refractivity contribution in [1.82, 2.24) is 5.32 Å². The average Bonchev–Trinajstić information content (AvgIpc) is 2.37. The molecular formula is C13H17N3O3. The number of nitrogens with one attached hydrogen (secondary N) is 2. The van der Waals surface area contributed by atoms with E-state index < -0.39 is 5.54 Å². The molecule has 0 aliphatic carbocycles. The molecule has 0 spiro atoms. The molecule has 2 rings (SSSR count). The van der Waals surface area contributed by atoms with Gasteiger partial charge in [0.25, 0.3) is 11.8 Å². The van der Waals surface area contributed by atoms with Crippen LogP contribution >= 0.6 is 0 Å². The summed E-state index contributed by atoms with van der Waals surface area (Å²) in [4.78, 5) is 23.3. The van der Waals surface area contributed by atoms with Crippen molar-refractivity contribution in [1.29, 1.82) is 0 Å². The van der Waals surface area contributed by atoms with E-state index in [-0.39, 0.29) is 18.4 Å². The van der Waals surface area contributed by atoms with E-state index in [1.54, 1.807) is 18.2 Å². The van der Waals surface area contributed by atoms with E-state index in [2.05, 4.69) is 10.6 Å². The number of anilines is 1. The highest BCUT2D eigenvalue weighted by Gasteiger charge is 2.21. The number of carbonyl (C=O) groups excluding carboxylic acids is 2. The highest BCUT2D eigenvalue weighted by molar-refractivity contribution is 6.00. The molecule has 0 atom stereocenters. The van der Waals surface area contributed by atoms with E-state index >= 15 is 0 Å². The standard InChI is InChI=1S/C13H17N3O3/c1-13(2,7-14)16-12(18)8-3-4-10-9(5-8)15-11(17)6-19-10/h3-5H,6-7,14H2,1-2H3,(H,15,17)(H,16,18). The molecule has 0 fully saturated rings. The number of carbonyl (C=O) groups is 2. The quantitative estimate of drug-likeness (QED) is 0.739. The van der Waals surface area contributed by atoms with Gasteiger partial charge in [-0.05, 0) is 32.0 Å². The average molecular weight is 263 g/mol. The van der Waals surface area contributed by atoms with E-state index in [0.717, 1.165) is 0 Å². The molecule has 1 aromatic carbocycles. The molecule has 0 aromatic heterocycles. The summed E-state index contributed by atoms with van der Waals surface area (Å²) in [5, 5.41) is 5.49. The molecule has 2 amide bonds. The number of benzene rings is 1. The molecule has 6 heteroatoms. The van der Waals surface area contributed by atoms with E-state index in [1.807, 2.05) is 13.8 Å². The van der Waals surface area contributed by atoms with Gasteiger partial charge in [0.1, 0.15) is 5.75 Å². The fraction of sp³-hybridized carbons (Fsp3) is 0.385. The molecule has 0 radical (unpaired) electrons. The van der Waals surface area contributed by atoms with Crippen LogP contribution in [0.1, 0.15) is 24.2 Å². The Hall–Kier alpha value is -2.08. The second-order valence-electron chi connectivity index (χ2n) is 5.09. The van der Waals surface area contributed by atoms with Crippen molar-refractivity contribution in [2.45, 2.75) is 19.4 Å². The first-order chi connectivity index (χ1) is 8.91. The molecule has 0 saturated carbocycles. The lowest BCUT2D eigenvalue weighted by molar-refractivity contribution is -0.118. The summed E-state index contributed by atoms with van der Waals surface area (Å²) in [6.07, 6.45) is 0. The monoisotopic (exact) mass is 263 g/mol. The Morgan fingerprint density at radius 3 is 2.95 bits per heavy atom. The Kier molecular flexibility index (Phi) is 3.44. The van der Waals surface area contributed by atoms with Crippen LogP contribution in [0.5, 0.6) is 5.75 Å². The SMILES string of the molecule is CC(C)(CN)NC(=O)c1ccc2c(c1)NC(=O)CO2. The predicted octanol–water partition coefficient (Wildman–Crippen LogP) is 0.485. The maximum Gasteiger partial charge on any atom is 0.262 e. The second kappa shape index (κ2) is 4.89. The molecule has 0 bridgehead atoms. The summed E-state index contributed by atoms with van der Waals surface area (Å²) in [5.74, 6) is 0.0969. The van der Waals surface area contributed by atoms with E-state index in [1.165, 1.54) is 0 Å². The van der Waals surface area contributed by atoms with Gasteiger partial charge in [-0.3, -0.25) is 9.59 Å². The van der Waals surface area contributed by atoms with Crippen LogP contribution in [0.4, 0.5) is 5.69 Å². The summed E-state index contributed by atoms with van der Waals surface area (Å²) >= 11 is 0. The van der Waals surface area contributed by atoms with Crippen LogP contribution in [0.3, 0.4) is 0 Å². The smallest absolute Gasteiger partial charge is 0.262 e. The lowest BCUT2D eigenvalue weighted by atomic mass is 10.0. The molecule has 102 valence electrons. The fourth-order valence-electron chi connectivity index (χ4n) is 1.65. The molecule has 1 heterocycles. The number of amides is 2. The highest BCUT2D eigenvalue weighted by atomic mass is 16.5. The van der Waals surface area contributed by atoms with Crippen LogP contribution in [0.15, 0.2) is 18.2 Å². The molecule has 1 aliphatic rings. The largest absolute Gasteiger partial charge is 0.482 e. The number of fused-ring (bicyclic) bond motifs is 1. The van der Waals surface area contributed by atoms with Crippen molar-refractivity contribution in [2.75, 3.05) is 18.5 Å². The van der Waals surface area contributed by atoms with Crippen LogP contribution < -0.4 is 21.1 Å². The highest BCUT2D eigenvalue weighted by Crippen LogP contribution is 2.28. The Labute approximate surface area is 111 Å². The van der Waals surface area contributed by atoms with Gasteiger partial charge in [0.2, 0.25) is 0 Å². The van der Waals surface area contributed by atoms with Gasteiger partial charge >= 0.3 is 0 Å². The first kappa shape index (κ1) is 13.4. The molecule has 0 saturated heterocycles. The molecule has 4 N–H and O–H groups in total. The van der Waals surface area contributed by atoms with Crippen LogP contribution in [0.2, 0.25) is 0 Å². The maximum absolute atomic E-state index is 12.1. The van der Waals surface area contributed by atoms with Crippen LogP contribution in [0, 0.1) is 0 Å². The summed E-state index contributed by atoms with van der Waals surface area (Å²) in [6.45, 7) is 4.02. The third-order valence-corrected chi connectivity index (χ3v) is 2.84. The van der Waals surface area contributed by atoms with Gasteiger partial charge in [0.15, 0.2) is 6.61 Å². The minimum Gasteiger partial charge on any atom is -0.482 e. The van der Waals surface area contributed by atoms with Crippen LogP contribution in [-0.4, -0.2) is 30.5 Å². The van der Waals surface area contributed by atoms with Crippen molar-refractivity contribution in [3.05, 3.63) is 23.8 Å². The van der Waals surface area contributed by atoms with Gasteiger partial charge in [-0.15, -0.1) is 0 Å². The number of rotatable bonds is 3. The summed E-state index contributed by atoms with van der Waals surface area (Å²) in [7, 11) is 0. The zero-order valence-corrected chi connectivity index (χ0v) is 10.9. The van der Waals surface area contributed by atoms with Crippen molar-refractivity contribution < 1.29 is 14.3 Å². The Balaban J connectivity index is 2.20. The number of nitrogens with two attached hydrogens (primary N) is 1. The number of hydrogen-bond acceptors (Lipinski definition) is 4. The van der Waals surface area contributed by atoms with Gasteiger partial charge in [0.05, 0.1) is 5.69 Å². The molecule has 1 aromatic rings. The van der Waals surface area contributed by atoms with Gasteiger partial charge in [-0.25, -0.2) is 0 Å². The van der Waals surface area contributed by atoms with E-state index in [0.29, 0.717) is 23.5 Å². The maximum atomic E-state index is 12.1. The minimum absolute atomic E-state index is 0.00124. The number of hydrogen-bond donors (Lipinski definition) is 3. The summed E-state index contributed by atoms with van der Waals surface area (Å²) < 4.78 is 5.23. The molecule has 19 heavy (non-hydrogen) atoms. The second-order valence-corrected chi connectivity index (χ2v) is 5.09. The Bertz CT molecular complexity index is 526. The summed E-state index contributed by atoms with van der Waals surface area (Å²) in [6, 6.07) is 4.91. The third-order valence-electron chi connectivity index (χ3n) is 2.84. The Morgan fingerprint density at radius 1 is 1.53 bits per heavy atom. The predicted molar refractivity (Wildman–Crippen MR) is 71.2 cm³/mol. The van der Waals surface area contributed by atoms with Crippen molar-refractivity contribution in [3.8, 4) is 5.75 Å². The topological polar surface area (TPSA) is 93.5 Å². The lowest BCUT2D eigenvalue weighted by Gasteiger charge is -2.24. The van der Waals surface area contributed by atoms with Gasteiger partial charge in [0, 0.05) is 17.6 Å². The summed E-state index contributed by atoms with van der Waals surface area (Å²) in [5.41, 5.74) is 6.05. The first-order valence-corrected chi connectivity index (χ1v) is 6.00. The van der Waals surface area contributed by atoms with Crippen molar-refractivity contribution in [2.24, 2.45) is 5.73 Å². The van der Waals surface area contributed by atoms with Crippen molar-refractivity contribution >= 4 is 17.5 Å².